The first-order chi connectivity index (χ1) is 28.4. The minimum atomic E-state index is -4.67. The minimum Gasteiger partial charge on any atom is -0.468 e. The zero-order valence-electron chi connectivity index (χ0n) is 31.1. The third-order valence-corrected chi connectivity index (χ3v) is 8.78. The van der Waals surface area contributed by atoms with Gasteiger partial charge in [0.1, 0.15) is 17.7 Å². The molecule has 0 bridgehead atoms. The lowest BCUT2D eigenvalue weighted by Gasteiger charge is -2.21. The number of imide groups is 1. The Labute approximate surface area is 365 Å². The van der Waals surface area contributed by atoms with Gasteiger partial charge < -0.3 is 24.0 Å². The lowest BCUT2D eigenvalue weighted by molar-refractivity contribution is -0.140. The fourth-order valence-corrected chi connectivity index (χ4v) is 5.76. The highest BCUT2D eigenvalue weighted by atomic mass is 79.9. The Hall–Kier alpha value is -5.50. The van der Waals surface area contributed by atoms with Crippen LogP contribution in [0.25, 0.3) is 16.6 Å². The molecule has 6 aromatic heterocycles. The normalized spacial score (nSPS) is 13.7. The van der Waals surface area contributed by atoms with Crippen molar-refractivity contribution in [1.82, 2.24) is 44.1 Å². The molecule has 0 saturated carbocycles. The first-order valence-electron chi connectivity index (χ1n) is 16.5. The van der Waals surface area contributed by atoms with Crippen molar-refractivity contribution in [3.63, 3.8) is 0 Å². The number of nitrogens with two attached hydrogens (primary N) is 1. The number of esters is 2. The molecule has 22 nitrogen and oxygen atoms in total. The summed E-state index contributed by atoms with van der Waals surface area (Å²) in [5.74, 6) is 0.0135. The molecule has 0 aliphatic carbocycles. The van der Waals surface area contributed by atoms with Crippen LogP contribution in [-0.2, 0) is 39.1 Å². The van der Waals surface area contributed by atoms with E-state index in [4.69, 9.17) is 23.3 Å². The van der Waals surface area contributed by atoms with E-state index in [1.807, 2.05) is 59.4 Å². The number of nitrogens with zero attached hydrogens (tertiary/aromatic N) is 7. The van der Waals surface area contributed by atoms with Crippen LogP contribution in [0.1, 0.15) is 34.4 Å². The molecule has 2 amide bonds. The van der Waals surface area contributed by atoms with Crippen molar-refractivity contribution in [2.45, 2.75) is 12.1 Å². The molecular formula is C34H34Br3N11O11S. The number of carbonyl (C=O) groups is 5. The SMILES string of the molecule is COC(=O)CN.COC(=O)CNC(C#N)c1ncc2ccc(Br)cn12.O=C1CNC(c2ncc3ccc(Br)cn23)C(=O)N1.O=Cc1ncc2ccc(Br)cn12.O=S(=O)(O)O. The van der Waals surface area contributed by atoms with Gasteiger partial charge in [-0.25, -0.2) is 15.0 Å². The van der Waals surface area contributed by atoms with Crippen LogP contribution in [0.15, 0.2) is 87.0 Å². The van der Waals surface area contributed by atoms with Crippen LogP contribution < -0.4 is 21.7 Å². The maximum absolute atomic E-state index is 11.8. The second kappa shape index (κ2) is 23.3. The van der Waals surface area contributed by atoms with Crippen molar-refractivity contribution in [2.75, 3.05) is 33.9 Å². The average molecular weight is 1040 g/mol. The molecule has 26 heteroatoms. The van der Waals surface area contributed by atoms with Crippen molar-refractivity contribution in [1.29, 1.82) is 5.26 Å². The molecule has 60 heavy (non-hydrogen) atoms. The van der Waals surface area contributed by atoms with Crippen LogP contribution in [0.2, 0.25) is 0 Å². The zero-order valence-corrected chi connectivity index (χ0v) is 36.7. The molecule has 1 aliphatic heterocycles. The van der Waals surface area contributed by atoms with E-state index in [1.165, 1.54) is 14.2 Å². The first-order valence-corrected chi connectivity index (χ1v) is 20.3. The maximum atomic E-state index is 11.8. The highest BCUT2D eigenvalue weighted by molar-refractivity contribution is 9.11. The Morgan fingerprint density at radius 1 is 0.917 bits per heavy atom. The molecule has 2 atom stereocenters. The Kier molecular flexibility index (Phi) is 19.0. The number of amides is 2. The topological polar surface area (TPSA) is 316 Å². The fraction of sp³-hybridized carbons (Fsp3) is 0.206. The zero-order chi connectivity index (χ0) is 44.6. The Morgan fingerprint density at radius 2 is 1.42 bits per heavy atom. The van der Waals surface area contributed by atoms with Crippen molar-refractivity contribution in [3.05, 3.63) is 104 Å². The van der Waals surface area contributed by atoms with Gasteiger partial charge in [-0.3, -0.25) is 53.4 Å². The van der Waals surface area contributed by atoms with Gasteiger partial charge in [0.05, 0.1) is 75.1 Å². The van der Waals surface area contributed by atoms with Crippen LogP contribution >= 0.6 is 47.8 Å². The first kappa shape index (κ1) is 48.9. The highest BCUT2D eigenvalue weighted by Crippen LogP contribution is 2.20. The maximum Gasteiger partial charge on any atom is 0.394 e. The third kappa shape index (κ3) is 15.0. The number of halogens is 3. The number of aldehydes is 1. The highest BCUT2D eigenvalue weighted by Gasteiger charge is 2.30. The summed E-state index contributed by atoms with van der Waals surface area (Å²) in [7, 11) is -2.07. The van der Waals surface area contributed by atoms with E-state index in [1.54, 1.807) is 27.4 Å². The Bertz CT molecular complexity index is 2620. The predicted octanol–water partition coefficient (Wildman–Crippen LogP) is 2.18. The number of hydrogen-bond donors (Lipinski definition) is 6. The van der Waals surface area contributed by atoms with Crippen LogP contribution in [0.5, 0.6) is 0 Å². The van der Waals surface area contributed by atoms with Crippen LogP contribution in [-0.4, -0.2) is 110 Å². The van der Waals surface area contributed by atoms with E-state index >= 15 is 0 Å². The Morgan fingerprint density at radius 3 is 1.92 bits per heavy atom. The van der Waals surface area contributed by atoms with E-state index in [0.717, 1.165) is 36.3 Å². The molecule has 0 aromatic carbocycles. The van der Waals surface area contributed by atoms with Crippen molar-refractivity contribution in [3.8, 4) is 6.07 Å². The second-order valence-corrected chi connectivity index (χ2v) is 15.0. The summed E-state index contributed by atoms with van der Waals surface area (Å²) in [6, 6.07) is 12.2. The van der Waals surface area contributed by atoms with Crippen LogP contribution in [0.3, 0.4) is 0 Å². The predicted molar refractivity (Wildman–Crippen MR) is 222 cm³/mol. The average Bonchev–Trinajstić information content (AvgIpc) is 3.94. The van der Waals surface area contributed by atoms with Gasteiger partial charge in [0.2, 0.25) is 5.91 Å². The lowest BCUT2D eigenvalue weighted by atomic mass is 10.2. The summed E-state index contributed by atoms with van der Waals surface area (Å²) < 4.78 is 48.3. The molecule has 1 aliphatic rings. The summed E-state index contributed by atoms with van der Waals surface area (Å²) in [5, 5.41) is 17.1. The monoisotopic (exact) mass is 1040 g/mol. The molecule has 0 radical (unpaired) electrons. The quantitative estimate of drug-likeness (QED) is 0.0578. The van der Waals surface area contributed by atoms with E-state index in [9.17, 15) is 29.2 Å². The lowest BCUT2D eigenvalue weighted by Crippen LogP contribution is -2.51. The summed E-state index contributed by atoms with van der Waals surface area (Å²) in [6.45, 7) is 0.0352. The van der Waals surface area contributed by atoms with E-state index in [2.05, 4.69) is 94.2 Å². The smallest absolute Gasteiger partial charge is 0.394 e. The number of hydrogen-bond acceptors (Lipinski definition) is 16. The summed E-state index contributed by atoms with van der Waals surface area (Å²) in [6.07, 6.45) is 11.2. The summed E-state index contributed by atoms with van der Waals surface area (Å²) >= 11 is 10.1. The van der Waals surface area contributed by atoms with E-state index < -0.39 is 28.5 Å². The number of nitriles is 1. The number of nitrogens with one attached hydrogen (secondary N) is 3. The molecule has 0 spiro atoms. The molecule has 6 aromatic rings. The molecule has 318 valence electrons. The Balaban J connectivity index is 0.000000217. The van der Waals surface area contributed by atoms with E-state index in [0.29, 0.717) is 17.5 Å². The number of fused-ring (bicyclic) bond motifs is 3. The van der Waals surface area contributed by atoms with Gasteiger partial charge >= 0.3 is 22.3 Å². The van der Waals surface area contributed by atoms with E-state index in [-0.39, 0.29) is 37.4 Å². The molecule has 7 N–H and O–H groups in total. The molecule has 7 heterocycles. The largest absolute Gasteiger partial charge is 0.468 e. The number of piperazine rings is 1. The van der Waals surface area contributed by atoms with Crippen molar-refractivity contribution < 1.29 is 51.0 Å². The van der Waals surface area contributed by atoms with Crippen LogP contribution in [0.4, 0.5) is 0 Å². The standard InChI is InChI=1S/C12H11BrN4O2.C11H9BrN4O2.C8H5BrN2O.C3H7NO2.H2O4S/c1-19-11(18)6-15-10(4-14)12-16-5-9-3-2-8(13)7-17(9)12;12-6-1-2-7-3-14-10(16(7)5-6)9-11(18)15-8(17)4-13-9;9-6-1-2-7-3-10-8(5-12)11(7)4-6;1-6-3(5)2-4;1-5(2,3)4/h2-3,5,7,10,15H,6H2,1H3;1-3,5,9,13H,4H2,(H,15,17,18);1-5H;2,4H2,1H3;(H2,1,2,3,4). The number of rotatable bonds is 7. The molecular weight excluding hydrogens is 1010 g/mol. The molecule has 7 rings (SSSR count). The number of ether oxygens (including phenoxy) is 2. The summed E-state index contributed by atoms with van der Waals surface area (Å²) in [4.78, 5) is 66.7. The summed E-state index contributed by atoms with van der Waals surface area (Å²) in [5.41, 5.74) is 7.49. The van der Waals surface area contributed by atoms with Gasteiger partial charge in [-0.15, -0.1) is 0 Å². The van der Waals surface area contributed by atoms with Gasteiger partial charge in [-0.2, -0.15) is 13.7 Å². The van der Waals surface area contributed by atoms with Crippen LogP contribution in [0, 0.1) is 11.3 Å². The number of aromatic nitrogens is 6. The van der Waals surface area contributed by atoms with Gasteiger partial charge in [0.15, 0.2) is 18.2 Å². The van der Waals surface area contributed by atoms with Crippen molar-refractivity contribution in [2.24, 2.45) is 5.73 Å². The number of carbonyl (C=O) groups excluding carboxylic acids is 5. The molecule has 1 fully saturated rings. The van der Waals surface area contributed by atoms with Gasteiger partial charge in [-0.05, 0) is 84.2 Å². The minimum absolute atomic E-state index is 0.0312. The van der Waals surface area contributed by atoms with Crippen molar-refractivity contribution >= 4 is 105 Å². The second-order valence-electron chi connectivity index (χ2n) is 11.4. The number of imidazole rings is 3. The molecule has 2 unspecified atom stereocenters. The number of methoxy groups -OCH3 is 2. The van der Waals surface area contributed by atoms with Gasteiger partial charge in [0, 0.05) is 32.0 Å². The third-order valence-electron chi connectivity index (χ3n) is 7.37. The fourth-order valence-electron chi connectivity index (χ4n) is 4.75. The van der Waals surface area contributed by atoms with Gasteiger partial charge in [-0.1, -0.05) is 0 Å². The van der Waals surface area contributed by atoms with Gasteiger partial charge in [0.25, 0.3) is 5.91 Å². The number of pyridine rings is 3. The molecule has 1 saturated heterocycles.